The van der Waals surface area contributed by atoms with Gasteiger partial charge in [-0.25, -0.2) is 0 Å². The molecule has 0 amide bonds. The van der Waals surface area contributed by atoms with E-state index in [1.165, 1.54) is 13.0 Å². The SMILES string of the molecule is CN1CCC(O)N2CCN(C)CCCN(CC1)CC2.F[P-](F)(F)(F)(F)F.F[P-](F)(F)(F)(F)F.F[P-](F)(F)(F)(F)F.O.[Mn+3]. The van der Waals surface area contributed by atoms with Gasteiger partial charge in [0, 0.05) is 45.8 Å². The molecule has 2 rings (SSSR count). The summed E-state index contributed by atoms with van der Waals surface area (Å²) in [5, 5.41) is 10.4. The standard InChI is InChI=1S/C14H30N4O.3F6P.Mn.H2O/c1-15-5-3-6-17-10-8-16(2)7-4-14(19)18(12-9-15)13-11-17;3*1-7(2,3,4,5)6;;/h14,19H,3-13H2,1-2H3;;;;;1H2/q;3*-1;+3;. The second-order valence-corrected chi connectivity index (χ2v) is 14.7. The zero-order chi connectivity index (χ0) is 32.9. The Labute approximate surface area is 238 Å². The Hall–Kier alpha value is 0.309. The van der Waals surface area contributed by atoms with Crippen molar-refractivity contribution >= 4 is 23.4 Å². The monoisotopic (exact) mass is 778 g/mol. The number of likely N-dealkylation sites (N-methyl/N-ethyl adjacent to an activating group) is 2. The van der Waals surface area contributed by atoms with E-state index in [0.717, 1.165) is 58.8 Å². The topological polar surface area (TPSA) is 64.7 Å². The first-order valence-electron chi connectivity index (χ1n) is 10.7. The Morgan fingerprint density at radius 3 is 1.14 bits per heavy atom. The predicted octanol–water partition coefficient (Wildman–Crippen LogP) is 8.90. The van der Waals surface area contributed by atoms with Crippen molar-refractivity contribution in [1.29, 1.82) is 0 Å². The Balaban J connectivity index is -0.000000263. The number of aliphatic hydroxyl groups is 1. The molecule has 6 nitrogen and oxygen atoms in total. The van der Waals surface area contributed by atoms with Crippen LogP contribution in [0.2, 0.25) is 0 Å². The molecule has 3 N–H and O–H groups in total. The van der Waals surface area contributed by atoms with Crippen LogP contribution >= 0.6 is 23.4 Å². The van der Waals surface area contributed by atoms with Crippen molar-refractivity contribution in [3.05, 3.63) is 0 Å². The van der Waals surface area contributed by atoms with Crippen LogP contribution in [0.4, 0.5) is 75.5 Å². The van der Waals surface area contributed by atoms with E-state index in [1.54, 1.807) is 0 Å². The molecule has 28 heteroatoms. The first kappa shape index (κ1) is 49.2. The second kappa shape index (κ2) is 13.2. The minimum Gasteiger partial charge on any atom is -0.412 e. The number of hydrogen-bond donors (Lipinski definition) is 1. The van der Waals surface area contributed by atoms with Crippen LogP contribution in [0.15, 0.2) is 0 Å². The molecular weight excluding hydrogens is 746 g/mol. The van der Waals surface area contributed by atoms with Gasteiger partial charge in [-0.1, -0.05) is 0 Å². The summed E-state index contributed by atoms with van der Waals surface area (Å²) < 4.78 is 178. The molecule has 2 fully saturated rings. The number of hydrogen-bond acceptors (Lipinski definition) is 5. The molecule has 0 spiro atoms. The van der Waals surface area contributed by atoms with Gasteiger partial charge < -0.3 is 25.3 Å². The summed E-state index contributed by atoms with van der Waals surface area (Å²) in [7, 11) is -27.6. The van der Waals surface area contributed by atoms with E-state index in [1.807, 2.05) is 0 Å². The number of aliphatic hydroxyl groups excluding tert-OH is 1. The number of rotatable bonds is 0. The summed E-state index contributed by atoms with van der Waals surface area (Å²) in [6, 6.07) is 0. The largest absolute Gasteiger partial charge is 3.00 e. The van der Waals surface area contributed by atoms with E-state index in [4.69, 9.17) is 0 Å². The van der Waals surface area contributed by atoms with Gasteiger partial charge in [0.15, 0.2) is 0 Å². The molecule has 0 aromatic rings. The molecule has 2 heterocycles. The van der Waals surface area contributed by atoms with E-state index in [2.05, 4.69) is 33.7 Å². The van der Waals surface area contributed by atoms with E-state index in [9.17, 15) is 80.7 Å². The normalized spacial score (nSPS) is 28.4. The molecule has 0 aliphatic carbocycles. The molecule has 0 aromatic carbocycles. The van der Waals surface area contributed by atoms with Crippen molar-refractivity contribution in [2.75, 3.05) is 73.0 Å². The van der Waals surface area contributed by atoms with E-state index >= 15 is 0 Å². The van der Waals surface area contributed by atoms with Crippen LogP contribution in [0.25, 0.3) is 0 Å². The third-order valence-corrected chi connectivity index (χ3v) is 4.48. The van der Waals surface area contributed by atoms with Gasteiger partial charge in [-0.15, -0.1) is 0 Å². The van der Waals surface area contributed by atoms with Gasteiger partial charge in [-0.2, -0.15) is 0 Å². The quantitative estimate of drug-likeness (QED) is 0.151. The van der Waals surface area contributed by atoms with Crippen molar-refractivity contribution in [2.24, 2.45) is 0 Å². The van der Waals surface area contributed by atoms with Gasteiger partial charge in [0.05, 0.1) is 0 Å². The van der Waals surface area contributed by atoms with E-state index in [0.29, 0.717) is 0 Å². The van der Waals surface area contributed by atoms with Crippen LogP contribution in [0, 0.1) is 0 Å². The minimum atomic E-state index is -10.7. The van der Waals surface area contributed by atoms with E-state index in [-0.39, 0.29) is 28.8 Å². The van der Waals surface area contributed by atoms with Crippen molar-refractivity contribution in [2.45, 2.75) is 19.1 Å². The van der Waals surface area contributed by atoms with Crippen molar-refractivity contribution in [3.8, 4) is 0 Å². The molecule has 2 aliphatic rings. The first-order chi connectivity index (χ1) is 16.5. The Bertz CT molecular complexity index is 707. The third kappa shape index (κ3) is 67.8. The van der Waals surface area contributed by atoms with Crippen LogP contribution in [0.1, 0.15) is 12.8 Å². The Kier molecular flexibility index (Phi) is 15.5. The summed E-state index contributed by atoms with van der Waals surface area (Å²) in [6.45, 7) is 9.74. The van der Waals surface area contributed by atoms with Gasteiger partial charge in [0.25, 0.3) is 0 Å². The molecule has 2 bridgehead atoms. The van der Waals surface area contributed by atoms with Crippen molar-refractivity contribution < 1.29 is 103 Å². The molecule has 0 saturated carbocycles. The Morgan fingerprint density at radius 2 is 0.762 bits per heavy atom. The van der Waals surface area contributed by atoms with Gasteiger partial charge in [0.2, 0.25) is 0 Å². The maximum Gasteiger partial charge on any atom is 3.00 e. The number of fused-ring (bicyclic) bond motifs is 3. The third-order valence-electron chi connectivity index (χ3n) is 4.48. The number of nitrogens with zero attached hydrogens (tertiary/aromatic N) is 4. The van der Waals surface area contributed by atoms with Gasteiger partial charge >= 0.3 is 116 Å². The molecule has 0 aromatic heterocycles. The molecule has 268 valence electrons. The summed E-state index contributed by atoms with van der Waals surface area (Å²) in [5.41, 5.74) is 0. The smallest absolute Gasteiger partial charge is 0.412 e. The van der Waals surface area contributed by atoms with Gasteiger partial charge in [0.1, 0.15) is 6.23 Å². The van der Waals surface area contributed by atoms with Crippen molar-refractivity contribution in [3.63, 3.8) is 0 Å². The fourth-order valence-electron chi connectivity index (χ4n) is 2.93. The summed E-state index contributed by atoms with van der Waals surface area (Å²) in [6.07, 6.45) is 1.83. The minimum absolute atomic E-state index is 0. The molecular formula is C14H32F18MnN4O2P3. The van der Waals surface area contributed by atoms with Crippen LogP contribution in [0.3, 0.4) is 0 Å². The van der Waals surface area contributed by atoms with Gasteiger partial charge in [-0.05, 0) is 40.0 Å². The zero-order valence-corrected chi connectivity index (χ0v) is 25.5. The Morgan fingerprint density at radius 1 is 0.476 bits per heavy atom. The number of halogens is 18. The predicted molar refractivity (Wildman–Crippen MR) is 123 cm³/mol. The second-order valence-electron chi connectivity index (χ2n) is 8.98. The molecule has 0 radical (unpaired) electrons. The van der Waals surface area contributed by atoms with Crippen molar-refractivity contribution in [1.82, 2.24) is 19.6 Å². The molecule has 3 atom stereocenters. The zero-order valence-electron chi connectivity index (χ0n) is 21.6. The molecule has 2 saturated heterocycles. The van der Waals surface area contributed by atoms with Crippen LogP contribution < -0.4 is 0 Å². The first-order valence-corrected chi connectivity index (χ1v) is 16.8. The molecule has 3 unspecified atom stereocenters. The van der Waals surface area contributed by atoms with Crippen LogP contribution in [0.5, 0.6) is 0 Å². The molecule has 42 heavy (non-hydrogen) atoms. The van der Waals surface area contributed by atoms with Crippen LogP contribution in [-0.2, 0) is 17.1 Å². The fourth-order valence-corrected chi connectivity index (χ4v) is 2.93. The summed E-state index contributed by atoms with van der Waals surface area (Å²) in [4.78, 5) is 9.55. The van der Waals surface area contributed by atoms with E-state index < -0.39 is 23.4 Å². The maximum absolute atomic E-state index is 10.7. The summed E-state index contributed by atoms with van der Waals surface area (Å²) >= 11 is 0. The van der Waals surface area contributed by atoms with Crippen LogP contribution in [-0.4, -0.2) is 109 Å². The fraction of sp³-hybridized carbons (Fsp3) is 1.00. The maximum atomic E-state index is 10.4. The summed E-state index contributed by atoms with van der Waals surface area (Å²) in [5.74, 6) is 0. The van der Waals surface area contributed by atoms with Gasteiger partial charge in [-0.3, -0.25) is 4.90 Å². The molecule has 2 aliphatic heterocycles. The average molecular weight is 778 g/mol. The average Bonchev–Trinajstić information content (AvgIpc) is 2.55.